The highest BCUT2D eigenvalue weighted by atomic mass is 16.6. The van der Waals surface area contributed by atoms with Gasteiger partial charge in [-0.1, -0.05) is 172 Å². The van der Waals surface area contributed by atoms with Gasteiger partial charge in [-0.2, -0.15) is 0 Å². The molecule has 0 aliphatic carbocycles. The van der Waals surface area contributed by atoms with E-state index in [-0.39, 0.29) is 25.2 Å². The molecule has 0 amide bonds. The highest BCUT2D eigenvalue weighted by Gasteiger charge is 2.16. The summed E-state index contributed by atoms with van der Waals surface area (Å²) in [5, 5.41) is 18.3. The van der Waals surface area contributed by atoms with Gasteiger partial charge < -0.3 is 19.7 Å². The number of hydrogen-bond donors (Lipinski definition) is 2. The standard InChI is InChI=1S/C45H80O6/c1-42(2)36-32-28-24-20-16-12-8-5-6-10-14-18-22-26-30-34-38-45(49)51-43(40-47)41-50-44(48)37-33-29-25-21-17-13-9-4-3-7-11-15-19-23-27-31-35-39-46/h3,7,9,13,15,19,21,25,42-43,46-47H,4-6,8,10-12,14,16-18,20,22-24,26-41H2,1-2H3/b7-3-,13-9-,19-15-,25-21-/t43-/m0/s1. The first kappa shape index (κ1) is 48.8. The molecule has 0 fully saturated rings. The van der Waals surface area contributed by atoms with Crippen molar-refractivity contribution in [3.63, 3.8) is 0 Å². The molecule has 0 radical (unpaired) electrons. The molecule has 0 saturated heterocycles. The highest BCUT2D eigenvalue weighted by Crippen LogP contribution is 2.15. The van der Waals surface area contributed by atoms with Crippen molar-refractivity contribution >= 4 is 11.9 Å². The van der Waals surface area contributed by atoms with E-state index < -0.39 is 6.10 Å². The van der Waals surface area contributed by atoms with Crippen molar-refractivity contribution in [1.29, 1.82) is 0 Å². The van der Waals surface area contributed by atoms with E-state index in [9.17, 15) is 14.7 Å². The minimum atomic E-state index is -0.799. The summed E-state index contributed by atoms with van der Waals surface area (Å²) in [5.74, 6) is 0.186. The van der Waals surface area contributed by atoms with Crippen LogP contribution in [-0.2, 0) is 19.1 Å². The predicted molar refractivity (Wildman–Crippen MR) is 216 cm³/mol. The average molecular weight is 717 g/mol. The Kier molecular flexibility index (Phi) is 38.9. The maximum Gasteiger partial charge on any atom is 0.306 e. The summed E-state index contributed by atoms with van der Waals surface area (Å²) in [7, 11) is 0. The van der Waals surface area contributed by atoms with Crippen molar-refractivity contribution in [2.75, 3.05) is 19.8 Å². The third kappa shape index (κ3) is 40.4. The van der Waals surface area contributed by atoms with Crippen LogP contribution in [0.15, 0.2) is 48.6 Å². The lowest BCUT2D eigenvalue weighted by molar-refractivity contribution is -0.161. The number of allylic oxidation sites excluding steroid dienone is 8. The molecule has 0 aliphatic heterocycles. The van der Waals surface area contributed by atoms with Crippen LogP contribution in [0.3, 0.4) is 0 Å². The summed E-state index contributed by atoms with van der Waals surface area (Å²) in [6.45, 7) is 4.47. The number of rotatable bonds is 38. The maximum atomic E-state index is 12.2. The Morgan fingerprint density at radius 3 is 1.37 bits per heavy atom. The molecule has 0 unspecified atom stereocenters. The summed E-state index contributed by atoms with van der Waals surface area (Å²) < 4.78 is 10.6. The fourth-order valence-corrected chi connectivity index (χ4v) is 5.89. The first-order valence-corrected chi connectivity index (χ1v) is 21.2. The van der Waals surface area contributed by atoms with Crippen LogP contribution in [0.2, 0.25) is 0 Å². The van der Waals surface area contributed by atoms with Crippen molar-refractivity contribution in [3.8, 4) is 0 Å². The van der Waals surface area contributed by atoms with Crippen molar-refractivity contribution in [3.05, 3.63) is 48.6 Å². The Bertz CT molecular complexity index is 874. The van der Waals surface area contributed by atoms with E-state index in [2.05, 4.69) is 62.5 Å². The van der Waals surface area contributed by atoms with E-state index in [1.807, 2.05) is 0 Å². The minimum Gasteiger partial charge on any atom is -0.462 e. The molecule has 0 saturated carbocycles. The molecule has 0 spiro atoms. The zero-order valence-electron chi connectivity index (χ0n) is 33.2. The Hall–Kier alpha value is -2.18. The first-order valence-electron chi connectivity index (χ1n) is 21.2. The van der Waals surface area contributed by atoms with Crippen LogP contribution < -0.4 is 0 Å². The first-order chi connectivity index (χ1) is 25.0. The second-order valence-corrected chi connectivity index (χ2v) is 14.6. The van der Waals surface area contributed by atoms with Crippen LogP contribution in [0, 0.1) is 5.92 Å². The van der Waals surface area contributed by atoms with Gasteiger partial charge in [0.15, 0.2) is 6.10 Å². The van der Waals surface area contributed by atoms with Crippen LogP contribution in [0.4, 0.5) is 0 Å². The van der Waals surface area contributed by atoms with Gasteiger partial charge in [0.2, 0.25) is 0 Å². The van der Waals surface area contributed by atoms with Crippen molar-refractivity contribution < 1.29 is 29.3 Å². The second-order valence-electron chi connectivity index (χ2n) is 14.6. The van der Waals surface area contributed by atoms with E-state index in [0.29, 0.717) is 25.9 Å². The number of hydrogen-bond acceptors (Lipinski definition) is 6. The molecular weight excluding hydrogens is 636 g/mol. The van der Waals surface area contributed by atoms with Gasteiger partial charge in [0.1, 0.15) is 6.61 Å². The van der Waals surface area contributed by atoms with Crippen LogP contribution in [0.5, 0.6) is 0 Å². The summed E-state index contributed by atoms with van der Waals surface area (Å²) in [6, 6.07) is 0. The number of aliphatic hydroxyl groups is 2. The molecule has 0 aliphatic rings. The van der Waals surface area contributed by atoms with Crippen molar-refractivity contribution in [2.45, 2.75) is 200 Å². The molecule has 0 aromatic carbocycles. The van der Waals surface area contributed by atoms with E-state index in [1.54, 1.807) is 0 Å². The molecule has 1 atom stereocenters. The molecule has 6 heteroatoms. The number of ether oxygens (including phenoxy) is 2. The fraction of sp³-hybridized carbons (Fsp3) is 0.778. The van der Waals surface area contributed by atoms with Gasteiger partial charge in [0.25, 0.3) is 0 Å². The lowest BCUT2D eigenvalue weighted by atomic mass is 10.0. The zero-order valence-corrected chi connectivity index (χ0v) is 33.2. The SMILES string of the molecule is CC(C)CCCCCCCCCCCCCCCCCCC(=O)O[C@@H](CO)COC(=O)CCC/C=C\C/C=C\C/C=C\C/C=C\CCCCCO. The van der Waals surface area contributed by atoms with Crippen LogP contribution >= 0.6 is 0 Å². The largest absolute Gasteiger partial charge is 0.462 e. The maximum absolute atomic E-state index is 12.2. The molecule has 6 nitrogen and oxygen atoms in total. The number of aliphatic hydroxyl groups excluding tert-OH is 2. The van der Waals surface area contributed by atoms with Crippen LogP contribution in [0.1, 0.15) is 194 Å². The third-order valence-corrected chi connectivity index (χ3v) is 9.11. The molecule has 0 aromatic heterocycles. The number of carbonyl (C=O) groups is 2. The molecular formula is C45H80O6. The molecule has 0 aromatic rings. The topological polar surface area (TPSA) is 93.1 Å². The number of esters is 2. The molecule has 51 heavy (non-hydrogen) atoms. The van der Waals surface area contributed by atoms with Gasteiger partial charge in [-0.15, -0.1) is 0 Å². The lowest BCUT2D eigenvalue weighted by Gasteiger charge is -2.15. The summed E-state index contributed by atoms with van der Waals surface area (Å²) in [4.78, 5) is 24.3. The zero-order chi connectivity index (χ0) is 37.3. The average Bonchev–Trinajstić information content (AvgIpc) is 3.12. The van der Waals surface area contributed by atoms with E-state index >= 15 is 0 Å². The van der Waals surface area contributed by atoms with Gasteiger partial charge in [0, 0.05) is 19.4 Å². The van der Waals surface area contributed by atoms with E-state index in [4.69, 9.17) is 14.6 Å². The monoisotopic (exact) mass is 717 g/mol. The van der Waals surface area contributed by atoms with Gasteiger partial charge in [-0.25, -0.2) is 0 Å². The molecule has 0 bridgehead atoms. The summed E-state index contributed by atoms with van der Waals surface area (Å²) in [6.07, 6.45) is 47.7. The van der Waals surface area contributed by atoms with Gasteiger partial charge in [0.05, 0.1) is 6.61 Å². The quantitative estimate of drug-likeness (QED) is 0.0375. The summed E-state index contributed by atoms with van der Waals surface area (Å²) in [5.41, 5.74) is 0. The lowest BCUT2D eigenvalue weighted by Crippen LogP contribution is -2.28. The van der Waals surface area contributed by atoms with Gasteiger partial charge in [-0.3, -0.25) is 9.59 Å². The molecule has 0 heterocycles. The Morgan fingerprint density at radius 2 is 0.902 bits per heavy atom. The van der Waals surface area contributed by atoms with Gasteiger partial charge >= 0.3 is 11.9 Å². The third-order valence-electron chi connectivity index (χ3n) is 9.11. The molecule has 296 valence electrons. The Labute approximate surface area is 314 Å². The van der Waals surface area contributed by atoms with Crippen molar-refractivity contribution in [2.24, 2.45) is 5.92 Å². The van der Waals surface area contributed by atoms with E-state index in [0.717, 1.165) is 76.5 Å². The minimum absolute atomic E-state index is 0.101. The Morgan fingerprint density at radius 1 is 0.490 bits per heavy atom. The smallest absolute Gasteiger partial charge is 0.306 e. The normalized spacial score (nSPS) is 12.7. The predicted octanol–water partition coefficient (Wildman–Crippen LogP) is 12.2. The highest BCUT2D eigenvalue weighted by molar-refractivity contribution is 5.70. The fourth-order valence-electron chi connectivity index (χ4n) is 5.89. The second kappa shape index (κ2) is 40.6. The van der Waals surface area contributed by atoms with Crippen LogP contribution in [0.25, 0.3) is 0 Å². The van der Waals surface area contributed by atoms with Crippen LogP contribution in [-0.4, -0.2) is 48.1 Å². The van der Waals surface area contributed by atoms with Crippen molar-refractivity contribution in [1.82, 2.24) is 0 Å². The molecule has 0 rings (SSSR count). The number of carbonyl (C=O) groups excluding carboxylic acids is 2. The summed E-state index contributed by atoms with van der Waals surface area (Å²) >= 11 is 0. The van der Waals surface area contributed by atoms with Gasteiger partial charge in [-0.05, 0) is 63.7 Å². The molecule has 2 N–H and O–H groups in total. The Balaban J connectivity index is 3.61. The van der Waals surface area contributed by atoms with E-state index in [1.165, 1.54) is 89.9 Å². The number of unbranched alkanes of at least 4 members (excludes halogenated alkanes) is 19.